The molecule has 1 N–H and O–H groups in total. The SMILES string of the molecule is COCCN1C(=O)C[C@H](C(=O)O)[C@H]1c1ccc(Cl)c(F)c1. The van der Waals surface area contributed by atoms with Gasteiger partial charge in [0.25, 0.3) is 0 Å². The third-order valence-corrected chi connectivity index (χ3v) is 3.88. The van der Waals surface area contributed by atoms with E-state index in [0.29, 0.717) is 5.56 Å². The Morgan fingerprint density at radius 2 is 2.29 bits per heavy atom. The zero-order valence-electron chi connectivity index (χ0n) is 11.4. The van der Waals surface area contributed by atoms with E-state index in [1.54, 1.807) is 6.07 Å². The van der Waals surface area contributed by atoms with Gasteiger partial charge in [-0.1, -0.05) is 17.7 Å². The number of carbonyl (C=O) groups excluding carboxylic acids is 1. The molecule has 1 saturated heterocycles. The van der Waals surface area contributed by atoms with Crippen LogP contribution in [-0.2, 0) is 14.3 Å². The van der Waals surface area contributed by atoms with Crippen molar-refractivity contribution >= 4 is 23.5 Å². The van der Waals surface area contributed by atoms with Gasteiger partial charge in [-0.2, -0.15) is 0 Å². The summed E-state index contributed by atoms with van der Waals surface area (Å²) in [7, 11) is 1.49. The molecule has 0 bridgehead atoms. The number of amides is 1. The Bertz CT molecular complexity index is 566. The van der Waals surface area contributed by atoms with E-state index in [1.165, 1.54) is 24.1 Å². The number of carboxylic acid groups (broad SMARTS) is 1. The van der Waals surface area contributed by atoms with Crippen molar-refractivity contribution in [3.05, 3.63) is 34.6 Å². The molecule has 7 heteroatoms. The molecule has 114 valence electrons. The first-order valence-electron chi connectivity index (χ1n) is 6.42. The fourth-order valence-corrected chi connectivity index (χ4v) is 2.69. The van der Waals surface area contributed by atoms with Crippen LogP contribution >= 0.6 is 11.6 Å². The molecule has 1 aromatic carbocycles. The maximum Gasteiger partial charge on any atom is 0.309 e. The maximum atomic E-state index is 13.6. The summed E-state index contributed by atoms with van der Waals surface area (Å²) >= 11 is 5.64. The van der Waals surface area contributed by atoms with Gasteiger partial charge in [-0.15, -0.1) is 0 Å². The van der Waals surface area contributed by atoms with Gasteiger partial charge in [0.1, 0.15) is 5.82 Å². The Kier molecular flexibility index (Phi) is 4.80. The van der Waals surface area contributed by atoms with Crippen molar-refractivity contribution in [2.45, 2.75) is 12.5 Å². The summed E-state index contributed by atoms with van der Waals surface area (Å²) in [5, 5.41) is 9.26. The molecular weight excluding hydrogens is 301 g/mol. The molecule has 5 nitrogen and oxygen atoms in total. The van der Waals surface area contributed by atoms with Crippen LogP contribution in [0.3, 0.4) is 0 Å². The lowest BCUT2D eigenvalue weighted by molar-refractivity contribution is -0.142. The van der Waals surface area contributed by atoms with Crippen LogP contribution in [0.1, 0.15) is 18.0 Å². The number of ether oxygens (including phenoxy) is 1. The summed E-state index contributed by atoms with van der Waals surface area (Å²) in [6.07, 6.45) is -0.103. The summed E-state index contributed by atoms with van der Waals surface area (Å²) in [6, 6.07) is 3.38. The zero-order valence-corrected chi connectivity index (χ0v) is 12.1. The molecule has 1 aromatic rings. The normalized spacial score (nSPS) is 21.9. The van der Waals surface area contributed by atoms with Gasteiger partial charge < -0.3 is 14.7 Å². The molecule has 2 atom stereocenters. The number of methoxy groups -OCH3 is 1. The molecule has 0 aliphatic carbocycles. The standard InChI is InChI=1S/C14H15ClFNO4/c1-21-5-4-17-12(18)7-9(14(19)20)13(17)8-2-3-10(15)11(16)6-8/h2-3,6,9,13H,4-5,7H2,1H3,(H,19,20)/t9-,13+/m0/s1. The van der Waals surface area contributed by atoms with Crippen molar-refractivity contribution in [3.63, 3.8) is 0 Å². The lowest BCUT2D eigenvalue weighted by Gasteiger charge is -2.27. The lowest BCUT2D eigenvalue weighted by Crippen LogP contribution is -2.33. The molecule has 1 fully saturated rings. The van der Waals surface area contributed by atoms with Gasteiger partial charge in [-0.05, 0) is 17.7 Å². The number of likely N-dealkylation sites (tertiary alicyclic amines) is 1. The second-order valence-corrected chi connectivity index (χ2v) is 5.25. The van der Waals surface area contributed by atoms with Crippen LogP contribution < -0.4 is 0 Å². The van der Waals surface area contributed by atoms with E-state index in [2.05, 4.69) is 0 Å². The minimum Gasteiger partial charge on any atom is -0.481 e. The summed E-state index contributed by atoms with van der Waals surface area (Å²) in [4.78, 5) is 24.8. The van der Waals surface area contributed by atoms with Crippen LogP contribution in [0, 0.1) is 11.7 Å². The molecule has 21 heavy (non-hydrogen) atoms. The highest BCUT2D eigenvalue weighted by molar-refractivity contribution is 6.30. The molecule has 1 aliphatic heterocycles. The molecule has 0 radical (unpaired) electrons. The first-order chi connectivity index (χ1) is 9.95. The van der Waals surface area contributed by atoms with Crippen molar-refractivity contribution in [1.82, 2.24) is 4.90 Å². The third kappa shape index (κ3) is 3.16. The zero-order chi connectivity index (χ0) is 15.6. The molecule has 0 saturated carbocycles. The van der Waals surface area contributed by atoms with Crippen LogP contribution in [-0.4, -0.2) is 42.1 Å². The van der Waals surface area contributed by atoms with Crippen LogP contribution in [0.2, 0.25) is 5.02 Å². The minimum absolute atomic E-state index is 0.0432. The van der Waals surface area contributed by atoms with Crippen LogP contribution in [0.15, 0.2) is 18.2 Å². The number of nitrogens with zero attached hydrogens (tertiary/aromatic N) is 1. The van der Waals surface area contributed by atoms with Crippen molar-refractivity contribution in [2.24, 2.45) is 5.92 Å². The quantitative estimate of drug-likeness (QED) is 0.903. The number of hydrogen-bond acceptors (Lipinski definition) is 3. The van der Waals surface area contributed by atoms with Gasteiger partial charge in [0, 0.05) is 20.1 Å². The fraction of sp³-hybridized carbons (Fsp3) is 0.429. The van der Waals surface area contributed by atoms with E-state index in [9.17, 15) is 19.1 Å². The van der Waals surface area contributed by atoms with E-state index in [1.807, 2.05) is 0 Å². The van der Waals surface area contributed by atoms with Crippen LogP contribution in [0.4, 0.5) is 4.39 Å². The molecule has 0 spiro atoms. The van der Waals surface area contributed by atoms with Gasteiger partial charge >= 0.3 is 5.97 Å². The summed E-state index contributed by atoms with van der Waals surface area (Å²) in [5.74, 6) is -2.90. The van der Waals surface area contributed by atoms with Crippen molar-refractivity contribution in [3.8, 4) is 0 Å². The molecule has 0 unspecified atom stereocenters. The van der Waals surface area contributed by atoms with E-state index in [4.69, 9.17) is 16.3 Å². The lowest BCUT2D eigenvalue weighted by atomic mass is 9.93. The number of halogens is 2. The number of carbonyl (C=O) groups is 2. The fourth-order valence-electron chi connectivity index (χ4n) is 2.57. The van der Waals surface area contributed by atoms with Gasteiger partial charge in [0.2, 0.25) is 5.91 Å². The Balaban J connectivity index is 2.38. The van der Waals surface area contributed by atoms with Crippen molar-refractivity contribution in [2.75, 3.05) is 20.3 Å². The predicted molar refractivity (Wildman–Crippen MR) is 73.5 cm³/mol. The Labute approximate surface area is 126 Å². The average molecular weight is 316 g/mol. The number of carboxylic acids is 1. The molecule has 1 amide bonds. The monoisotopic (exact) mass is 315 g/mol. The molecular formula is C14H15ClFNO4. The molecule has 2 rings (SSSR count). The van der Waals surface area contributed by atoms with E-state index < -0.39 is 23.7 Å². The van der Waals surface area contributed by atoms with E-state index >= 15 is 0 Å². The van der Waals surface area contributed by atoms with Gasteiger partial charge in [-0.25, -0.2) is 4.39 Å². The Hall–Kier alpha value is -1.66. The van der Waals surface area contributed by atoms with Gasteiger partial charge in [0.05, 0.1) is 23.6 Å². The summed E-state index contributed by atoms with van der Waals surface area (Å²) in [5.41, 5.74) is 0.422. The molecule has 0 aromatic heterocycles. The highest BCUT2D eigenvalue weighted by Gasteiger charge is 2.44. The predicted octanol–water partition coefficient (Wildman–Crippen LogP) is 2.10. The first-order valence-corrected chi connectivity index (χ1v) is 6.79. The Morgan fingerprint density at radius 1 is 1.57 bits per heavy atom. The Morgan fingerprint density at radius 3 is 2.86 bits per heavy atom. The largest absolute Gasteiger partial charge is 0.481 e. The van der Waals surface area contributed by atoms with Gasteiger partial charge in [-0.3, -0.25) is 9.59 Å². The van der Waals surface area contributed by atoms with Crippen molar-refractivity contribution < 1.29 is 23.8 Å². The number of benzene rings is 1. The maximum absolute atomic E-state index is 13.6. The topological polar surface area (TPSA) is 66.8 Å². The average Bonchev–Trinajstić information content (AvgIpc) is 2.77. The second-order valence-electron chi connectivity index (χ2n) is 4.85. The molecule has 1 aliphatic rings. The number of aliphatic carboxylic acids is 1. The van der Waals surface area contributed by atoms with Crippen LogP contribution in [0.5, 0.6) is 0 Å². The molecule has 1 heterocycles. The smallest absolute Gasteiger partial charge is 0.309 e. The third-order valence-electron chi connectivity index (χ3n) is 3.57. The number of hydrogen-bond donors (Lipinski definition) is 1. The van der Waals surface area contributed by atoms with Gasteiger partial charge in [0.15, 0.2) is 0 Å². The summed E-state index contributed by atoms with van der Waals surface area (Å²) < 4.78 is 18.6. The minimum atomic E-state index is -1.08. The highest BCUT2D eigenvalue weighted by Crippen LogP contribution is 2.38. The number of rotatable bonds is 5. The van der Waals surface area contributed by atoms with E-state index in [0.717, 1.165) is 0 Å². The second kappa shape index (κ2) is 6.41. The highest BCUT2D eigenvalue weighted by atomic mass is 35.5. The van der Waals surface area contributed by atoms with E-state index in [-0.39, 0.29) is 30.5 Å². The van der Waals surface area contributed by atoms with Crippen LogP contribution in [0.25, 0.3) is 0 Å². The van der Waals surface area contributed by atoms with Crippen molar-refractivity contribution in [1.29, 1.82) is 0 Å². The first kappa shape index (κ1) is 15.7. The summed E-state index contributed by atoms with van der Waals surface area (Å²) in [6.45, 7) is 0.540.